The van der Waals surface area contributed by atoms with Gasteiger partial charge >= 0.3 is 12.0 Å². The highest BCUT2D eigenvalue weighted by atomic mass is 16.4. The summed E-state index contributed by atoms with van der Waals surface area (Å²) in [4.78, 5) is 24.2. The van der Waals surface area contributed by atoms with Gasteiger partial charge in [-0.05, 0) is 26.2 Å². The number of nitrogens with zero attached hydrogens (tertiary/aromatic N) is 1. The summed E-state index contributed by atoms with van der Waals surface area (Å²) in [5, 5.41) is 21.0. The standard InChI is InChI=1S/C12H22N2O4/c1-3-9-5-4-6-14(9)11(17)13-8-12(2,18)7-10(15)16/h9,18H,3-8H2,1-2H3,(H,13,17)(H,15,16). The van der Waals surface area contributed by atoms with Crippen molar-refractivity contribution < 1.29 is 19.8 Å². The molecule has 1 aliphatic heterocycles. The van der Waals surface area contributed by atoms with Gasteiger partial charge in [0.1, 0.15) is 0 Å². The highest BCUT2D eigenvalue weighted by molar-refractivity contribution is 5.75. The van der Waals surface area contributed by atoms with E-state index in [4.69, 9.17) is 5.11 Å². The number of urea groups is 1. The van der Waals surface area contributed by atoms with Gasteiger partial charge in [-0.25, -0.2) is 4.79 Å². The molecule has 0 aliphatic carbocycles. The van der Waals surface area contributed by atoms with Crippen LogP contribution in [0.25, 0.3) is 0 Å². The molecule has 1 saturated heterocycles. The molecule has 6 heteroatoms. The quantitative estimate of drug-likeness (QED) is 0.680. The highest BCUT2D eigenvalue weighted by Crippen LogP contribution is 2.19. The van der Waals surface area contributed by atoms with Gasteiger partial charge < -0.3 is 20.4 Å². The predicted molar refractivity (Wildman–Crippen MR) is 66.3 cm³/mol. The van der Waals surface area contributed by atoms with E-state index in [-0.39, 0.29) is 25.0 Å². The lowest BCUT2D eigenvalue weighted by Crippen LogP contribution is -2.48. The summed E-state index contributed by atoms with van der Waals surface area (Å²) < 4.78 is 0. The molecule has 6 nitrogen and oxygen atoms in total. The third kappa shape index (κ3) is 4.18. The number of aliphatic carboxylic acids is 1. The molecule has 1 heterocycles. The molecule has 0 bridgehead atoms. The number of likely N-dealkylation sites (tertiary alicyclic amines) is 1. The predicted octanol–water partition coefficient (Wildman–Crippen LogP) is 0.796. The number of rotatable bonds is 5. The number of hydrogen-bond donors (Lipinski definition) is 3. The Bertz CT molecular complexity index is 317. The van der Waals surface area contributed by atoms with Crippen LogP contribution in [-0.2, 0) is 4.79 Å². The molecule has 3 N–H and O–H groups in total. The minimum Gasteiger partial charge on any atom is -0.481 e. The van der Waals surface area contributed by atoms with Crippen molar-refractivity contribution in [2.24, 2.45) is 0 Å². The lowest BCUT2D eigenvalue weighted by Gasteiger charge is -2.27. The molecule has 0 aromatic heterocycles. The van der Waals surface area contributed by atoms with E-state index in [1.807, 2.05) is 6.92 Å². The maximum atomic E-state index is 11.9. The van der Waals surface area contributed by atoms with Crippen LogP contribution in [0.1, 0.15) is 39.5 Å². The van der Waals surface area contributed by atoms with E-state index < -0.39 is 11.6 Å². The van der Waals surface area contributed by atoms with Crippen molar-refractivity contribution in [3.63, 3.8) is 0 Å². The van der Waals surface area contributed by atoms with Crippen LogP contribution in [0, 0.1) is 0 Å². The fourth-order valence-electron chi connectivity index (χ4n) is 2.28. The van der Waals surface area contributed by atoms with Gasteiger partial charge in [-0.15, -0.1) is 0 Å². The summed E-state index contributed by atoms with van der Waals surface area (Å²) in [5.41, 5.74) is -1.41. The first-order chi connectivity index (χ1) is 8.35. The maximum absolute atomic E-state index is 11.9. The van der Waals surface area contributed by atoms with Crippen molar-refractivity contribution in [1.29, 1.82) is 0 Å². The first kappa shape index (κ1) is 14.8. The van der Waals surface area contributed by atoms with Gasteiger partial charge in [0.15, 0.2) is 0 Å². The van der Waals surface area contributed by atoms with Crippen LogP contribution in [0.5, 0.6) is 0 Å². The summed E-state index contributed by atoms with van der Waals surface area (Å²) in [6, 6.07) is 0.0411. The molecule has 2 unspecified atom stereocenters. The minimum atomic E-state index is -1.41. The molecule has 1 rings (SSSR count). The van der Waals surface area contributed by atoms with Gasteiger partial charge in [0.25, 0.3) is 0 Å². The maximum Gasteiger partial charge on any atom is 0.317 e. The molecule has 1 fully saturated rings. The smallest absolute Gasteiger partial charge is 0.317 e. The van der Waals surface area contributed by atoms with Crippen LogP contribution in [-0.4, -0.2) is 51.8 Å². The Labute approximate surface area is 107 Å². The highest BCUT2D eigenvalue weighted by Gasteiger charge is 2.30. The number of carboxylic acids is 1. The molecule has 18 heavy (non-hydrogen) atoms. The van der Waals surface area contributed by atoms with Crippen molar-refractivity contribution in [3.05, 3.63) is 0 Å². The first-order valence-electron chi connectivity index (χ1n) is 6.34. The Morgan fingerprint density at radius 3 is 2.72 bits per heavy atom. The molecule has 0 radical (unpaired) electrons. The van der Waals surface area contributed by atoms with E-state index in [0.29, 0.717) is 0 Å². The molecular weight excluding hydrogens is 236 g/mol. The second-order valence-electron chi connectivity index (χ2n) is 5.12. The second-order valence-corrected chi connectivity index (χ2v) is 5.12. The third-order valence-electron chi connectivity index (χ3n) is 3.26. The van der Waals surface area contributed by atoms with E-state index in [9.17, 15) is 14.7 Å². The van der Waals surface area contributed by atoms with Gasteiger partial charge in [0.2, 0.25) is 0 Å². The number of amides is 2. The van der Waals surface area contributed by atoms with Gasteiger partial charge in [-0.3, -0.25) is 4.79 Å². The summed E-state index contributed by atoms with van der Waals surface area (Å²) in [5.74, 6) is -1.08. The van der Waals surface area contributed by atoms with E-state index in [0.717, 1.165) is 25.8 Å². The second kappa shape index (κ2) is 6.04. The number of hydrogen-bond acceptors (Lipinski definition) is 3. The molecule has 2 atom stereocenters. The Hall–Kier alpha value is -1.30. The van der Waals surface area contributed by atoms with Crippen LogP contribution in [0.4, 0.5) is 4.79 Å². The zero-order valence-electron chi connectivity index (χ0n) is 11.0. The van der Waals surface area contributed by atoms with E-state index in [2.05, 4.69) is 5.32 Å². The van der Waals surface area contributed by atoms with Crippen molar-refractivity contribution in [1.82, 2.24) is 10.2 Å². The van der Waals surface area contributed by atoms with E-state index in [1.54, 1.807) is 4.90 Å². The topological polar surface area (TPSA) is 89.9 Å². The minimum absolute atomic E-state index is 0.0505. The molecule has 104 valence electrons. The first-order valence-corrected chi connectivity index (χ1v) is 6.34. The molecule has 0 spiro atoms. The Morgan fingerprint density at radius 2 is 2.17 bits per heavy atom. The molecule has 1 aliphatic rings. The molecular formula is C12H22N2O4. The van der Waals surface area contributed by atoms with Crippen LogP contribution < -0.4 is 5.32 Å². The number of carbonyl (C=O) groups excluding carboxylic acids is 1. The van der Waals surface area contributed by atoms with Crippen LogP contribution >= 0.6 is 0 Å². The van der Waals surface area contributed by atoms with Crippen LogP contribution in [0.15, 0.2) is 0 Å². The van der Waals surface area contributed by atoms with E-state index >= 15 is 0 Å². The zero-order chi connectivity index (χ0) is 13.8. The molecule has 0 aromatic rings. The van der Waals surface area contributed by atoms with Crippen LogP contribution in [0.3, 0.4) is 0 Å². The average Bonchev–Trinajstić information content (AvgIpc) is 2.72. The largest absolute Gasteiger partial charge is 0.481 e. The number of carbonyl (C=O) groups is 2. The zero-order valence-corrected chi connectivity index (χ0v) is 11.0. The average molecular weight is 258 g/mol. The Balaban J connectivity index is 2.43. The fraction of sp³-hybridized carbons (Fsp3) is 0.833. The third-order valence-corrected chi connectivity index (χ3v) is 3.26. The Kier molecular flexibility index (Phi) is 4.95. The van der Waals surface area contributed by atoms with Gasteiger partial charge in [-0.2, -0.15) is 0 Å². The Morgan fingerprint density at radius 1 is 1.50 bits per heavy atom. The number of aliphatic hydroxyl groups is 1. The molecule has 2 amide bonds. The summed E-state index contributed by atoms with van der Waals surface area (Å²) in [7, 11) is 0. The lowest BCUT2D eigenvalue weighted by atomic mass is 10.0. The number of nitrogens with one attached hydrogen (secondary N) is 1. The normalized spacial score (nSPS) is 22.6. The van der Waals surface area contributed by atoms with Gasteiger partial charge in [0.05, 0.1) is 12.0 Å². The van der Waals surface area contributed by atoms with Crippen molar-refractivity contribution in [2.75, 3.05) is 13.1 Å². The monoisotopic (exact) mass is 258 g/mol. The summed E-state index contributed by atoms with van der Waals surface area (Å²) in [6.45, 7) is 4.12. The van der Waals surface area contributed by atoms with E-state index in [1.165, 1.54) is 6.92 Å². The van der Waals surface area contributed by atoms with Crippen LogP contribution in [0.2, 0.25) is 0 Å². The van der Waals surface area contributed by atoms with Crippen molar-refractivity contribution in [3.8, 4) is 0 Å². The van der Waals surface area contributed by atoms with Crippen molar-refractivity contribution in [2.45, 2.75) is 51.2 Å². The van der Waals surface area contributed by atoms with Gasteiger partial charge in [-0.1, -0.05) is 6.92 Å². The summed E-state index contributed by atoms with van der Waals surface area (Å²) in [6.07, 6.45) is 2.54. The van der Waals surface area contributed by atoms with Crippen molar-refractivity contribution >= 4 is 12.0 Å². The number of carboxylic acid groups (broad SMARTS) is 1. The fourth-order valence-corrected chi connectivity index (χ4v) is 2.28. The molecule has 0 aromatic carbocycles. The van der Waals surface area contributed by atoms with Gasteiger partial charge in [0, 0.05) is 19.1 Å². The lowest BCUT2D eigenvalue weighted by molar-refractivity contribution is -0.141. The summed E-state index contributed by atoms with van der Waals surface area (Å²) >= 11 is 0. The molecule has 0 saturated carbocycles. The SMILES string of the molecule is CCC1CCCN1C(=O)NCC(C)(O)CC(=O)O.